The lowest BCUT2D eigenvalue weighted by molar-refractivity contribution is -0.167. The van der Waals surface area contributed by atoms with E-state index in [0.29, 0.717) is 17.7 Å². The highest BCUT2D eigenvalue weighted by Crippen LogP contribution is 2.65. The van der Waals surface area contributed by atoms with Crippen molar-refractivity contribution in [3.05, 3.63) is 42.0 Å². The summed E-state index contributed by atoms with van der Waals surface area (Å²) in [5, 5.41) is 0. The minimum absolute atomic E-state index is 0.149. The average Bonchev–Trinajstić information content (AvgIpc) is 3.25. The van der Waals surface area contributed by atoms with Crippen LogP contribution in [0.4, 0.5) is 10.5 Å². The Hall–Kier alpha value is -3.36. The Balaban J connectivity index is 1.87. The van der Waals surface area contributed by atoms with Crippen LogP contribution in [-0.4, -0.2) is 67.8 Å². The number of esters is 2. The van der Waals surface area contributed by atoms with E-state index in [-0.39, 0.29) is 31.7 Å². The van der Waals surface area contributed by atoms with Crippen LogP contribution in [-0.2, 0) is 34.0 Å². The third kappa shape index (κ3) is 2.37. The van der Waals surface area contributed by atoms with Crippen molar-refractivity contribution in [3.8, 4) is 0 Å². The zero-order valence-corrected chi connectivity index (χ0v) is 18.8. The standard InChI is InChI=1S/C24H26N2O7/c1-31-19(28)16-14-22-9-8-18(27)25(22)13-12-23(20(29)32-2)15-6-4-5-7-17(15)26(21(30)33-3)24(16,23)11-10-22/h4-9,16H,10-14H2,1-3H3/t16-,22+,23-,24+/m0/s1. The van der Waals surface area contributed by atoms with Gasteiger partial charge >= 0.3 is 18.0 Å². The van der Waals surface area contributed by atoms with Crippen LogP contribution < -0.4 is 4.90 Å². The van der Waals surface area contributed by atoms with E-state index in [1.807, 2.05) is 6.08 Å². The Morgan fingerprint density at radius 1 is 1.00 bits per heavy atom. The van der Waals surface area contributed by atoms with Gasteiger partial charge in [-0.15, -0.1) is 0 Å². The molecule has 1 aromatic rings. The molecule has 4 atom stereocenters. The minimum atomic E-state index is -1.39. The number of fused-ring (bicyclic) bond motifs is 4. The fraction of sp³-hybridized carbons (Fsp3) is 0.500. The molecule has 9 heteroatoms. The van der Waals surface area contributed by atoms with Gasteiger partial charge in [0.2, 0.25) is 5.91 Å². The third-order valence-electron chi connectivity index (χ3n) is 8.24. The third-order valence-corrected chi connectivity index (χ3v) is 8.24. The fourth-order valence-corrected chi connectivity index (χ4v) is 6.97. The Bertz CT molecular complexity index is 1100. The van der Waals surface area contributed by atoms with Crippen LogP contribution in [0.5, 0.6) is 0 Å². The molecule has 1 aromatic carbocycles. The highest BCUT2D eigenvalue weighted by molar-refractivity contribution is 6.03. The first kappa shape index (κ1) is 21.5. The largest absolute Gasteiger partial charge is 0.469 e. The molecule has 0 unspecified atom stereocenters. The molecule has 33 heavy (non-hydrogen) atoms. The van der Waals surface area contributed by atoms with E-state index >= 15 is 0 Å². The van der Waals surface area contributed by atoms with Gasteiger partial charge in [-0.3, -0.25) is 19.3 Å². The first-order chi connectivity index (χ1) is 15.8. The molecule has 4 aliphatic heterocycles. The summed E-state index contributed by atoms with van der Waals surface area (Å²) in [4.78, 5) is 56.6. The minimum Gasteiger partial charge on any atom is -0.469 e. The highest BCUT2D eigenvalue weighted by atomic mass is 16.5. The highest BCUT2D eigenvalue weighted by Gasteiger charge is 2.76. The lowest BCUT2D eigenvalue weighted by atomic mass is 9.51. The van der Waals surface area contributed by atoms with E-state index < -0.39 is 40.4 Å². The molecule has 6 rings (SSSR count). The molecule has 0 aromatic heterocycles. The number of carbonyl (C=O) groups is 4. The lowest BCUT2D eigenvalue weighted by Crippen LogP contribution is -2.74. The SMILES string of the molecule is COC(=O)[C@@H]1C[C@]23C=CC(=O)N2CC[C@@]2(C(=O)OC)c4ccccc4N(C(=O)OC)[C@]12CC3. The summed E-state index contributed by atoms with van der Waals surface area (Å²) >= 11 is 0. The molecule has 4 heterocycles. The molecule has 1 aliphatic carbocycles. The van der Waals surface area contributed by atoms with Crippen molar-refractivity contribution in [3.63, 3.8) is 0 Å². The van der Waals surface area contributed by atoms with E-state index in [0.717, 1.165) is 0 Å². The van der Waals surface area contributed by atoms with E-state index in [1.54, 1.807) is 29.2 Å². The topological polar surface area (TPSA) is 102 Å². The van der Waals surface area contributed by atoms with Crippen LogP contribution in [0.2, 0.25) is 0 Å². The van der Waals surface area contributed by atoms with E-state index in [9.17, 15) is 19.2 Å². The van der Waals surface area contributed by atoms with Gasteiger partial charge < -0.3 is 19.1 Å². The van der Waals surface area contributed by atoms with Gasteiger partial charge in [0.25, 0.3) is 0 Å². The summed E-state index contributed by atoms with van der Waals surface area (Å²) in [5.41, 5.74) is -2.27. The number of anilines is 1. The predicted octanol–water partition coefficient (Wildman–Crippen LogP) is 1.94. The molecule has 9 nitrogen and oxygen atoms in total. The summed E-state index contributed by atoms with van der Waals surface area (Å²) < 4.78 is 15.8. The van der Waals surface area contributed by atoms with Crippen molar-refractivity contribution >= 4 is 29.6 Å². The van der Waals surface area contributed by atoms with Crippen LogP contribution in [0.1, 0.15) is 31.2 Å². The van der Waals surface area contributed by atoms with Crippen molar-refractivity contribution in [2.45, 2.75) is 42.2 Å². The Labute approximate surface area is 191 Å². The molecular formula is C24H26N2O7. The normalized spacial score (nSPS) is 33.5. The average molecular weight is 454 g/mol. The van der Waals surface area contributed by atoms with Crippen LogP contribution in [0.15, 0.2) is 36.4 Å². The first-order valence-corrected chi connectivity index (χ1v) is 11.0. The molecule has 2 amide bonds. The summed E-state index contributed by atoms with van der Waals surface area (Å²) in [6, 6.07) is 7.11. The second kappa shape index (κ2) is 7.07. The number of ether oxygens (including phenoxy) is 3. The van der Waals surface area contributed by atoms with Crippen molar-refractivity contribution in [1.29, 1.82) is 0 Å². The van der Waals surface area contributed by atoms with Gasteiger partial charge in [-0.05, 0) is 37.3 Å². The number of nitrogens with zero attached hydrogens (tertiary/aromatic N) is 2. The van der Waals surface area contributed by atoms with Crippen molar-refractivity contribution in [2.24, 2.45) is 5.92 Å². The maximum Gasteiger partial charge on any atom is 0.414 e. The fourth-order valence-electron chi connectivity index (χ4n) is 6.97. The Morgan fingerprint density at radius 2 is 1.76 bits per heavy atom. The number of hydrogen-bond donors (Lipinski definition) is 0. The molecule has 0 radical (unpaired) electrons. The predicted molar refractivity (Wildman–Crippen MR) is 115 cm³/mol. The van der Waals surface area contributed by atoms with E-state index in [2.05, 4.69) is 0 Å². The van der Waals surface area contributed by atoms with Gasteiger partial charge in [0.1, 0.15) is 5.41 Å². The van der Waals surface area contributed by atoms with Crippen LogP contribution >= 0.6 is 0 Å². The number of para-hydroxylation sites is 1. The summed E-state index contributed by atoms with van der Waals surface area (Å²) in [6.07, 6.45) is 3.89. The molecule has 2 saturated heterocycles. The van der Waals surface area contributed by atoms with E-state index in [4.69, 9.17) is 14.2 Å². The smallest absolute Gasteiger partial charge is 0.414 e. The van der Waals surface area contributed by atoms with Gasteiger partial charge in [0.05, 0.1) is 44.0 Å². The Kier molecular flexibility index (Phi) is 4.60. The van der Waals surface area contributed by atoms with Crippen LogP contribution in [0.3, 0.4) is 0 Å². The summed E-state index contributed by atoms with van der Waals surface area (Å²) in [5.74, 6) is -2.15. The summed E-state index contributed by atoms with van der Waals surface area (Å²) in [6.45, 7) is 0.278. The van der Waals surface area contributed by atoms with Gasteiger partial charge in [0, 0.05) is 12.6 Å². The molecule has 174 valence electrons. The molecule has 1 saturated carbocycles. The number of amides is 2. The quantitative estimate of drug-likeness (QED) is 0.497. The number of benzene rings is 1. The number of carbonyl (C=O) groups excluding carboxylic acids is 4. The zero-order valence-electron chi connectivity index (χ0n) is 18.8. The van der Waals surface area contributed by atoms with Gasteiger partial charge in [-0.2, -0.15) is 0 Å². The second-order valence-electron chi connectivity index (χ2n) is 9.10. The molecular weight excluding hydrogens is 428 g/mol. The monoisotopic (exact) mass is 454 g/mol. The second-order valence-corrected chi connectivity index (χ2v) is 9.10. The molecule has 3 fully saturated rings. The molecule has 2 spiro atoms. The van der Waals surface area contributed by atoms with Gasteiger partial charge in [-0.25, -0.2) is 4.79 Å². The lowest BCUT2D eigenvalue weighted by Gasteiger charge is -2.60. The number of hydrogen-bond acceptors (Lipinski definition) is 7. The first-order valence-electron chi connectivity index (χ1n) is 11.0. The zero-order chi connectivity index (χ0) is 23.6. The maximum atomic E-state index is 13.8. The van der Waals surface area contributed by atoms with Crippen molar-refractivity contribution in [1.82, 2.24) is 4.90 Å². The van der Waals surface area contributed by atoms with Gasteiger partial charge in [0.15, 0.2) is 0 Å². The van der Waals surface area contributed by atoms with Crippen LogP contribution in [0, 0.1) is 5.92 Å². The van der Waals surface area contributed by atoms with Gasteiger partial charge in [-0.1, -0.05) is 24.3 Å². The summed E-state index contributed by atoms with van der Waals surface area (Å²) in [7, 11) is 3.87. The molecule has 5 aliphatic rings. The number of rotatable bonds is 2. The van der Waals surface area contributed by atoms with Crippen molar-refractivity contribution in [2.75, 3.05) is 32.8 Å². The molecule has 2 bridgehead atoms. The van der Waals surface area contributed by atoms with E-state index in [1.165, 1.54) is 32.3 Å². The van der Waals surface area contributed by atoms with Crippen molar-refractivity contribution < 1.29 is 33.4 Å². The Morgan fingerprint density at radius 3 is 2.45 bits per heavy atom. The molecule has 0 N–H and O–H groups in total. The van der Waals surface area contributed by atoms with Crippen LogP contribution in [0.25, 0.3) is 0 Å². The maximum absolute atomic E-state index is 13.8. The number of methoxy groups -OCH3 is 3.